The lowest BCUT2D eigenvalue weighted by Gasteiger charge is -2.25. The average Bonchev–Trinajstić information content (AvgIpc) is 3.11. The van der Waals surface area contributed by atoms with Crippen LogP contribution in [0, 0.1) is 12.8 Å². The molecule has 2 heterocycles. The van der Waals surface area contributed by atoms with E-state index in [0.717, 1.165) is 29.0 Å². The van der Waals surface area contributed by atoms with Crippen molar-refractivity contribution in [2.75, 3.05) is 11.9 Å². The lowest BCUT2D eigenvalue weighted by molar-refractivity contribution is 0.102. The van der Waals surface area contributed by atoms with E-state index in [4.69, 9.17) is 0 Å². The molecule has 150 valence electrons. The number of imidazole rings is 1. The first kappa shape index (κ1) is 19.0. The molecule has 29 heavy (non-hydrogen) atoms. The minimum absolute atomic E-state index is 0.159. The Labute approximate surface area is 169 Å². The molecule has 0 unspecified atom stereocenters. The van der Waals surface area contributed by atoms with Crippen LogP contribution in [-0.4, -0.2) is 27.9 Å². The molecule has 3 amide bonds. The molecule has 0 bridgehead atoms. The number of carbonyl (C=O) groups is 2. The number of aromatic nitrogens is 2. The normalized spacial score (nSPS) is 13.7. The van der Waals surface area contributed by atoms with E-state index in [-0.39, 0.29) is 11.9 Å². The molecule has 7 heteroatoms. The van der Waals surface area contributed by atoms with Crippen molar-refractivity contribution in [3.63, 3.8) is 0 Å². The van der Waals surface area contributed by atoms with Crippen LogP contribution in [0.4, 0.5) is 10.5 Å². The maximum absolute atomic E-state index is 12.8. The molecule has 1 saturated carbocycles. The molecule has 1 aliphatic rings. The minimum Gasteiger partial charge on any atom is -0.338 e. The van der Waals surface area contributed by atoms with Gasteiger partial charge in [-0.25, -0.2) is 9.78 Å². The molecule has 0 spiro atoms. The van der Waals surface area contributed by atoms with Gasteiger partial charge in [0.2, 0.25) is 0 Å². The predicted octanol–water partition coefficient (Wildman–Crippen LogP) is 3.49. The van der Waals surface area contributed by atoms with Crippen LogP contribution in [0.2, 0.25) is 0 Å². The molecule has 0 atom stereocenters. The van der Waals surface area contributed by atoms with Gasteiger partial charge >= 0.3 is 6.03 Å². The van der Waals surface area contributed by atoms with E-state index in [1.165, 1.54) is 19.3 Å². The largest absolute Gasteiger partial charge is 0.338 e. The van der Waals surface area contributed by atoms with Crippen LogP contribution in [0.3, 0.4) is 0 Å². The van der Waals surface area contributed by atoms with Crippen molar-refractivity contribution in [2.24, 2.45) is 5.92 Å². The molecule has 0 aliphatic heterocycles. The summed E-state index contributed by atoms with van der Waals surface area (Å²) in [6, 6.07) is 11.2. The maximum Gasteiger partial charge on any atom is 0.315 e. The number of urea groups is 1. The summed E-state index contributed by atoms with van der Waals surface area (Å²) in [5, 5.41) is 8.76. The Balaban J connectivity index is 1.38. The van der Waals surface area contributed by atoms with Crippen LogP contribution in [0.1, 0.15) is 40.9 Å². The average molecular weight is 391 g/mol. The van der Waals surface area contributed by atoms with Gasteiger partial charge in [-0.15, -0.1) is 0 Å². The highest BCUT2D eigenvalue weighted by atomic mass is 16.2. The van der Waals surface area contributed by atoms with Crippen molar-refractivity contribution in [1.82, 2.24) is 20.0 Å². The number of aryl methyl sites for hydroxylation is 1. The summed E-state index contributed by atoms with van der Waals surface area (Å²) in [6.07, 6.45) is 7.05. The topological polar surface area (TPSA) is 87.5 Å². The second kappa shape index (κ2) is 8.34. The van der Waals surface area contributed by atoms with Crippen LogP contribution in [0.25, 0.3) is 5.65 Å². The van der Waals surface area contributed by atoms with Gasteiger partial charge in [0.05, 0.1) is 6.20 Å². The highest BCUT2D eigenvalue weighted by molar-refractivity contribution is 6.03. The zero-order chi connectivity index (χ0) is 20.2. The third kappa shape index (κ3) is 4.39. The predicted molar refractivity (Wildman–Crippen MR) is 112 cm³/mol. The number of nitrogens with zero attached hydrogens (tertiary/aromatic N) is 2. The number of carbonyl (C=O) groups excluding carboxylic acids is 2. The fourth-order valence-electron chi connectivity index (χ4n) is 3.38. The summed E-state index contributed by atoms with van der Waals surface area (Å²) in [5.74, 6) is 0.400. The van der Waals surface area contributed by atoms with Crippen molar-refractivity contribution < 1.29 is 9.59 Å². The number of rotatable bonds is 6. The summed E-state index contributed by atoms with van der Waals surface area (Å²) in [4.78, 5) is 29.0. The molecule has 1 aliphatic carbocycles. The van der Waals surface area contributed by atoms with Gasteiger partial charge in [0.15, 0.2) is 0 Å². The quantitative estimate of drug-likeness (QED) is 0.601. The molecule has 7 nitrogen and oxygen atoms in total. The Kier molecular flexibility index (Phi) is 5.46. The van der Waals surface area contributed by atoms with Crippen LogP contribution >= 0.6 is 0 Å². The summed E-state index contributed by atoms with van der Waals surface area (Å²) in [5.41, 5.74) is 3.78. The molecule has 3 N–H and O–H groups in total. The van der Waals surface area contributed by atoms with E-state index in [1.807, 2.05) is 49.5 Å². The van der Waals surface area contributed by atoms with Gasteiger partial charge in [-0.2, -0.15) is 0 Å². The number of benzene rings is 1. The van der Waals surface area contributed by atoms with E-state index in [0.29, 0.717) is 18.2 Å². The van der Waals surface area contributed by atoms with Crippen LogP contribution < -0.4 is 16.0 Å². The summed E-state index contributed by atoms with van der Waals surface area (Å²) < 4.78 is 1.75. The highest BCUT2D eigenvalue weighted by Gasteiger charge is 2.18. The van der Waals surface area contributed by atoms with Gasteiger partial charge in [0, 0.05) is 25.0 Å². The minimum atomic E-state index is -0.227. The van der Waals surface area contributed by atoms with Crippen molar-refractivity contribution in [3.05, 3.63) is 65.6 Å². The maximum atomic E-state index is 12.8. The molecule has 0 saturated heterocycles. The SMILES string of the molecule is Cc1ccc(CNC(=O)NCC2CCC2)cc1NC(=O)c1cnc2ccccn12. The number of amides is 3. The van der Waals surface area contributed by atoms with E-state index in [1.54, 1.807) is 10.6 Å². The number of anilines is 1. The van der Waals surface area contributed by atoms with Crippen molar-refractivity contribution >= 4 is 23.3 Å². The van der Waals surface area contributed by atoms with Crippen molar-refractivity contribution in [3.8, 4) is 0 Å². The van der Waals surface area contributed by atoms with Crippen molar-refractivity contribution in [2.45, 2.75) is 32.7 Å². The Bertz CT molecular complexity index is 1040. The first-order valence-corrected chi connectivity index (χ1v) is 9.95. The number of pyridine rings is 1. The fraction of sp³-hybridized carbons (Fsp3) is 0.318. The molecule has 1 fully saturated rings. The number of fused-ring (bicyclic) bond motifs is 1. The smallest absolute Gasteiger partial charge is 0.315 e. The molecular formula is C22H25N5O2. The Hall–Kier alpha value is -3.35. The van der Waals surface area contributed by atoms with Gasteiger partial charge in [-0.3, -0.25) is 9.20 Å². The Morgan fingerprint density at radius 1 is 1.17 bits per heavy atom. The highest BCUT2D eigenvalue weighted by Crippen LogP contribution is 2.25. The number of nitrogens with one attached hydrogen (secondary N) is 3. The van der Waals surface area contributed by atoms with Gasteiger partial charge in [-0.1, -0.05) is 24.6 Å². The third-order valence-corrected chi connectivity index (χ3v) is 5.43. The van der Waals surface area contributed by atoms with E-state index < -0.39 is 0 Å². The molecule has 3 aromatic rings. The summed E-state index contributed by atoms with van der Waals surface area (Å²) in [6.45, 7) is 3.07. The molecule has 1 aromatic carbocycles. The second-order valence-corrected chi connectivity index (χ2v) is 7.54. The second-order valence-electron chi connectivity index (χ2n) is 7.54. The monoisotopic (exact) mass is 391 g/mol. The Morgan fingerprint density at radius 3 is 2.83 bits per heavy atom. The third-order valence-electron chi connectivity index (χ3n) is 5.43. The number of hydrogen-bond donors (Lipinski definition) is 3. The Morgan fingerprint density at radius 2 is 2.03 bits per heavy atom. The van der Waals surface area contributed by atoms with Gasteiger partial charge in [0.25, 0.3) is 5.91 Å². The zero-order valence-electron chi connectivity index (χ0n) is 16.4. The molecule has 0 radical (unpaired) electrons. The zero-order valence-corrected chi connectivity index (χ0v) is 16.4. The summed E-state index contributed by atoms with van der Waals surface area (Å²) in [7, 11) is 0. The lowest BCUT2D eigenvalue weighted by atomic mass is 9.85. The van der Waals surface area contributed by atoms with Crippen LogP contribution in [0.5, 0.6) is 0 Å². The standard InChI is InChI=1S/C22H25N5O2/c1-15-8-9-17(13-25-22(29)24-12-16-5-4-6-16)11-18(15)26-21(28)19-14-23-20-7-2-3-10-27(19)20/h2-3,7-11,14,16H,4-6,12-13H2,1H3,(H,26,28)(H2,24,25,29). The molecule has 4 rings (SSSR count). The summed E-state index contributed by atoms with van der Waals surface area (Å²) >= 11 is 0. The van der Waals surface area contributed by atoms with Crippen LogP contribution in [-0.2, 0) is 6.54 Å². The lowest BCUT2D eigenvalue weighted by Crippen LogP contribution is -2.39. The fourth-order valence-corrected chi connectivity index (χ4v) is 3.38. The van der Waals surface area contributed by atoms with E-state index in [2.05, 4.69) is 20.9 Å². The van der Waals surface area contributed by atoms with Crippen LogP contribution in [0.15, 0.2) is 48.8 Å². The van der Waals surface area contributed by atoms with Gasteiger partial charge in [-0.05, 0) is 55.0 Å². The van der Waals surface area contributed by atoms with Crippen molar-refractivity contribution in [1.29, 1.82) is 0 Å². The first-order valence-electron chi connectivity index (χ1n) is 9.95. The molecule has 2 aromatic heterocycles. The van der Waals surface area contributed by atoms with E-state index >= 15 is 0 Å². The van der Waals surface area contributed by atoms with Gasteiger partial charge in [0.1, 0.15) is 11.3 Å². The molecular weight excluding hydrogens is 366 g/mol. The van der Waals surface area contributed by atoms with E-state index in [9.17, 15) is 9.59 Å². The number of hydrogen-bond acceptors (Lipinski definition) is 3. The van der Waals surface area contributed by atoms with Gasteiger partial charge < -0.3 is 16.0 Å². The first-order chi connectivity index (χ1) is 14.1.